The van der Waals surface area contributed by atoms with Crippen LogP contribution < -0.4 is 5.32 Å². The van der Waals surface area contributed by atoms with E-state index in [1.54, 1.807) is 13.0 Å². The molecule has 0 spiro atoms. The molecule has 110 valence electrons. The monoisotopic (exact) mass is 287 g/mol. The molecule has 0 radical (unpaired) electrons. The smallest absolute Gasteiger partial charge is 0.254 e. The van der Waals surface area contributed by atoms with E-state index in [4.69, 9.17) is 0 Å². The lowest BCUT2D eigenvalue weighted by atomic mass is 10.1. The third-order valence-corrected chi connectivity index (χ3v) is 3.25. The molecule has 0 aliphatic rings. The number of rotatable bonds is 5. The molecular formula is C17H18FNO2. The second-order valence-electron chi connectivity index (χ2n) is 5.03. The Hall–Kier alpha value is -2.20. The van der Waals surface area contributed by atoms with Gasteiger partial charge in [0.2, 0.25) is 0 Å². The van der Waals surface area contributed by atoms with Crippen molar-refractivity contribution in [1.29, 1.82) is 0 Å². The summed E-state index contributed by atoms with van der Waals surface area (Å²) >= 11 is 0. The number of benzene rings is 2. The fourth-order valence-corrected chi connectivity index (χ4v) is 2.14. The highest BCUT2D eigenvalue weighted by Gasteiger charge is 2.16. The average molecular weight is 287 g/mol. The van der Waals surface area contributed by atoms with Crippen molar-refractivity contribution in [2.45, 2.75) is 19.4 Å². The number of aliphatic hydroxyl groups is 1. The van der Waals surface area contributed by atoms with E-state index in [2.05, 4.69) is 5.32 Å². The van der Waals surface area contributed by atoms with Crippen molar-refractivity contribution < 1.29 is 14.3 Å². The largest absolute Gasteiger partial charge is 0.394 e. The van der Waals surface area contributed by atoms with Crippen LogP contribution in [0.1, 0.15) is 21.5 Å². The zero-order valence-electron chi connectivity index (χ0n) is 11.8. The maximum Gasteiger partial charge on any atom is 0.254 e. The van der Waals surface area contributed by atoms with Gasteiger partial charge in [-0.25, -0.2) is 4.39 Å². The lowest BCUT2D eigenvalue weighted by Gasteiger charge is -2.17. The van der Waals surface area contributed by atoms with E-state index in [9.17, 15) is 14.3 Å². The van der Waals surface area contributed by atoms with Gasteiger partial charge < -0.3 is 10.4 Å². The Kier molecular flexibility index (Phi) is 5.06. The molecule has 1 atom stereocenters. The summed E-state index contributed by atoms with van der Waals surface area (Å²) in [5.41, 5.74) is 1.81. The van der Waals surface area contributed by atoms with Crippen LogP contribution in [0, 0.1) is 12.7 Å². The zero-order chi connectivity index (χ0) is 15.2. The Morgan fingerprint density at radius 2 is 1.95 bits per heavy atom. The third-order valence-electron chi connectivity index (χ3n) is 3.25. The predicted molar refractivity (Wildman–Crippen MR) is 79.6 cm³/mol. The third kappa shape index (κ3) is 4.13. The lowest BCUT2D eigenvalue weighted by molar-refractivity contribution is 0.0912. The molecule has 0 heterocycles. The van der Waals surface area contributed by atoms with Gasteiger partial charge in [-0.2, -0.15) is 0 Å². The summed E-state index contributed by atoms with van der Waals surface area (Å²) in [6.45, 7) is 1.60. The Morgan fingerprint density at radius 1 is 1.24 bits per heavy atom. The predicted octanol–water partition coefficient (Wildman–Crippen LogP) is 2.47. The minimum Gasteiger partial charge on any atom is -0.394 e. The van der Waals surface area contributed by atoms with E-state index in [1.807, 2.05) is 30.3 Å². The van der Waals surface area contributed by atoms with Crippen LogP contribution in [0.3, 0.4) is 0 Å². The Balaban J connectivity index is 2.07. The number of nitrogens with one attached hydrogen (secondary N) is 1. The first-order chi connectivity index (χ1) is 10.1. The van der Waals surface area contributed by atoms with Gasteiger partial charge in [0.25, 0.3) is 5.91 Å². The number of hydrogen-bond donors (Lipinski definition) is 2. The standard InChI is InChI=1S/C17H18FNO2/c1-12-7-8-16(18)15(9-12)17(21)19-14(11-20)10-13-5-3-2-4-6-13/h2-9,14,20H,10-11H2,1H3,(H,19,21)/t14-/m0/s1. The summed E-state index contributed by atoms with van der Waals surface area (Å²) in [5, 5.41) is 12.1. The van der Waals surface area contributed by atoms with Gasteiger partial charge in [0.1, 0.15) is 5.82 Å². The molecule has 0 saturated carbocycles. The van der Waals surface area contributed by atoms with Crippen molar-refractivity contribution in [3.05, 3.63) is 71.0 Å². The van der Waals surface area contributed by atoms with Gasteiger partial charge in [0, 0.05) is 0 Å². The summed E-state index contributed by atoms with van der Waals surface area (Å²) in [5.74, 6) is -1.07. The lowest BCUT2D eigenvalue weighted by Crippen LogP contribution is -2.39. The van der Waals surface area contributed by atoms with Crippen LogP contribution in [0.2, 0.25) is 0 Å². The molecule has 4 heteroatoms. The van der Waals surface area contributed by atoms with E-state index in [0.717, 1.165) is 11.1 Å². The van der Waals surface area contributed by atoms with Crippen LogP contribution >= 0.6 is 0 Å². The first kappa shape index (κ1) is 15.2. The number of hydrogen-bond acceptors (Lipinski definition) is 2. The van der Waals surface area contributed by atoms with Gasteiger partial charge in [-0.3, -0.25) is 4.79 Å². The van der Waals surface area contributed by atoms with Gasteiger partial charge in [-0.05, 0) is 31.0 Å². The molecule has 2 N–H and O–H groups in total. The van der Waals surface area contributed by atoms with E-state index >= 15 is 0 Å². The molecule has 0 saturated heterocycles. The van der Waals surface area contributed by atoms with Gasteiger partial charge in [0.05, 0.1) is 18.2 Å². The SMILES string of the molecule is Cc1ccc(F)c(C(=O)N[C@H](CO)Cc2ccccc2)c1. The quantitative estimate of drug-likeness (QED) is 0.887. The Bertz CT molecular complexity index is 613. The zero-order valence-corrected chi connectivity index (χ0v) is 11.8. The van der Waals surface area contributed by atoms with Crippen molar-refractivity contribution in [2.75, 3.05) is 6.61 Å². The van der Waals surface area contributed by atoms with Crippen LogP contribution in [0.4, 0.5) is 4.39 Å². The van der Waals surface area contributed by atoms with Crippen LogP contribution in [0.25, 0.3) is 0 Å². The van der Waals surface area contributed by atoms with E-state index in [-0.39, 0.29) is 12.2 Å². The number of halogens is 1. The second kappa shape index (κ2) is 6.99. The number of amides is 1. The van der Waals surface area contributed by atoms with E-state index < -0.39 is 17.8 Å². The minimum atomic E-state index is -0.561. The summed E-state index contributed by atoms with van der Waals surface area (Å²) in [6, 6.07) is 13.5. The number of carbonyl (C=O) groups excluding carboxylic acids is 1. The van der Waals surface area contributed by atoms with E-state index in [1.165, 1.54) is 12.1 Å². The van der Waals surface area contributed by atoms with Crippen molar-refractivity contribution in [3.8, 4) is 0 Å². The summed E-state index contributed by atoms with van der Waals surface area (Å²) < 4.78 is 13.7. The number of aryl methyl sites for hydroxylation is 1. The van der Waals surface area contributed by atoms with Crippen molar-refractivity contribution >= 4 is 5.91 Å². The summed E-state index contributed by atoms with van der Waals surface area (Å²) in [7, 11) is 0. The Labute approximate surface area is 123 Å². The minimum absolute atomic E-state index is 0.00140. The molecule has 0 unspecified atom stereocenters. The van der Waals surface area contributed by atoms with Gasteiger partial charge in [0.15, 0.2) is 0 Å². The van der Waals surface area contributed by atoms with Crippen molar-refractivity contribution in [1.82, 2.24) is 5.32 Å². The van der Waals surface area contributed by atoms with Crippen LogP contribution in [-0.4, -0.2) is 23.7 Å². The average Bonchev–Trinajstić information content (AvgIpc) is 2.50. The summed E-state index contributed by atoms with van der Waals surface area (Å²) in [4.78, 5) is 12.1. The van der Waals surface area contributed by atoms with E-state index in [0.29, 0.717) is 6.42 Å². The molecule has 2 aromatic carbocycles. The Morgan fingerprint density at radius 3 is 2.62 bits per heavy atom. The van der Waals surface area contributed by atoms with Gasteiger partial charge in [-0.1, -0.05) is 42.0 Å². The molecule has 0 bridgehead atoms. The van der Waals surface area contributed by atoms with Crippen LogP contribution in [0.15, 0.2) is 48.5 Å². The fraction of sp³-hybridized carbons (Fsp3) is 0.235. The molecule has 21 heavy (non-hydrogen) atoms. The topological polar surface area (TPSA) is 49.3 Å². The first-order valence-electron chi connectivity index (χ1n) is 6.82. The second-order valence-corrected chi connectivity index (χ2v) is 5.03. The normalized spacial score (nSPS) is 12.0. The first-order valence-corrected chi connectivity index (χ1v) is 6.82. The van der Waals surface area contributed by atoms with Crippen molar-refractivity contribution in [2.24, 2.45) is 0 Å². The van der Waals surface area contributed by atoms with Gasteiger partial charge >= 0.3 is 0 Å². The fourth-order valence-electron chi connectivity index (χ4n) is 2.14. The molecule has 2 rings (SSSR count). The molecule has 2 aromatic rings. The molecular weight excluding hydrogens is 269 g/mol. The highest BCUT2D eigenvalue weighted by atomic mass is 19.1. The number of aliphatic hydroxyl groups excluding tert-OH is 1. The molecule has 0 fully saturated rings. The molecule has 0 aliphatic heterocycles. The van der Waals surface area contributed by atoms with Crippen LogP contribution in [0.5, 0.6) is 0 Å². The highest BCUT2D eigenvalue weighted by Crippen LogP contribution is 2.11. The maximum absolute atomic E-state index is 13.7. The van der Waals surface area contributed by atoms with Crippen LogP contribution in [-0.2, 0) is 6.42 Å². The maximum atomic E-state index is 13.7. The van der Waals surface area contributed by atoms with Gasteiger partial charge in [-0.15, -0.1) is 0 Å². The van der Waals surface area contributed by atoms with Crippen molar-refractivity contribution in [3.63, 3.8) is 0 Å². The highest BCUT2D eigenvalue weighted by molar-refractivity contribution is 5.94. The molecule has 1 amide bonds. The number of carbonyl (C=O) groups is 1. The molecule has 3 nitrogen and oxygen atoms in total. The molecule has 0 aromatic heterocycles. The molecule has 0 aliphatic carbocycles. The summed E-state index contributed by atoms with van der Waals surface area (Å²) in [6.07, 6.45) is 0.497.